The third-order valence-electron chi connectivity index (χ3n) is 6.99. The Balaban J connectivity index is 1.65. The Kier molecular flexibility index (Phi) is 6.90. The smallest absolute Gasteiger partial charge is 0.341 e. The van der Waals surface area contributed by atoms with Crippen LogP contribution in [0.3, 0.4) is 0 Å². The fraction of sp³-hybridized carbons (Fsp3) is 0.286. The molecule has 2 amide bonds. The second kappa shape index (κ2) is 10.0. The summed E-state index contributed by atoms with van der Waals surface area (Å²) in [6, 6.07) is 6.10. The van der Waals surface area contributed by atoms with Crippen molar-refractivity contribution in [3.8, 4) is 0 Å². The van der Waals surface area contributed by atoms with Crippen LogP contribution in [0.5, 0.6) is 0 Å². The fourth-order valence-electron chi connectivity index (χ4n) is 5.26. The molecular formula is C28H22ClF5N2O2. The molecule has 2 N–H and O–H groups in total. The largest absolute Gasteiger partial charge is 0.416 e. The second-order valence-electron chi connectivity index (χ2n) is 9.52. The minimum atomic E-state index is -4.85. The zero-order valence-corrected chi connectivity index (χ0v) is 20.7. The molecule has 4 nitrogen and oxygen atoms in total. The number of hydrogen-bond acceptors (Lipinski definition) is 2. The number of anilines is 1. The standard InChI is InChI=1S/C28H22ClF5N2O2/c29-21-8-7-17(30)13-20(21)25-24-22(35-26(37)15-9-16(28(32,33)34)12-18(31)10-15)11-14-5-3-1-2-4-6-19(14)23(24)27(38)36-25/h7-13,25H,1-6H2,(H,35,37)(H,36,38). The van der Waals surface area contributed by atoms with E-state index >= 15 is 0 Å². The lowest BCUT2D eigenvalue weighted by molar-refractivity contribution is -0.137. The van der Waals surface area contributed by atoms with Gasteiger partial charge in [0.15, 0.2) is 0 Å². The second-order valence-corrected chi connectivity index (χ2v) is 9.92. The van der Waals surface area contributed by atoms with Crippen molar-refractivity contribution in [3.05, 3.63) is 98.1 Å². The van der Waals surface area contributed by atoms with Gasteiger partial charge in [-0.25, -0.2) is 8.78 Å². The topological polar surface area (TPSA) is 58.2 Å². The molecule has 1 atom stereocenters. The van der Waals surface area contributed by atoms with E-state index in [0.29, 0.717) is 42.2 Å². The van der Waals surface area contributed by atoms with E-state index in [-0.39, 0.29) is 16.3 Å². The van der Waals surface area contributed by atoms with Gasteiger partial charge in [0.2, 0.25) is 0 Å². The molecule has 0 saturated heterocycles. The van der Waals surface area contributed by atoms with Crippen LogP contribution in [-0.4, -0.2) is 11.8 Å². The van der Waals surface area contributed by atoms with E-state index in [0.717, 1.165) is 36.8 Å². The maximum Gasteiger partial charge on any atom is 0.416 e. The van der Waals surface area contributed by atoms with E-state index in [1.54, 1.807) is 6.07 Å². The lowest BCUT2D eigenvalue weighted by Gasteiger charge is -2.22. The number of amides is 2. The number of nitrogens with one attached hydrogen (secondary N) is 2. The molecular weight excluding hydrogens is 527 g/mol. The van der Waals surface area contributed by atoms with Crippen LogP contribution in [0.4, 0.5) is 27.6 Å². The maximum atomic E-state index is 14.2. The van der Waals surface area contributed by atoms with E-state index in [1.807, 2.05) is 0 Å². The number of hydrogen-bond donors (Lipinski definition) is 2. The molecule has 0 aromatic heterocycles. The molecule has 3 aromatic rings. The number of benzene rings is 3. The third kappa shape index (κ3) is 4.99. The Bertz CT molecular complexity index is 1450. The van der Waals surface area contributed by atoms with Gasteiger partial charge in [0.25, 0.3) is 11.8 Å². The van der Waals surface area contributed by atoms with Crippen LogP contribution < -0.4 is 10.6 Å². The van der Waals surface area contributed by atoms with Crippen molar-refractivity contribution in [2.24, 2.45) is 0 Å². The molecule has 0 fully saturated rings. The fourth-order valence-corrected chi connectivity index (χ4v) is 5.49. The predicted octanol–water partition coefficient (Wildman–Crippen LogP) is 7.38. The number of alkyl halides is 3. The number of aryl methyl sites for hydroxylation is 1. The van der Waals surface area contributed by atoms with Gasteiger partial charge < -0.3 is 10.6 Å². The number of carbonyl (C=O) groups excluding carboxylic acids is 2. The molecule has 198 valence electrons. The predicted molar refractivity (Wildman–Crippen MR) is 132 cm³/mol. The number of halogens is 6. The zero-order valence-electron chi connectivity index (χ0n) is 19.9. The highest BCUT2D eigenvalue weighted by atomic mass is 35.5. The van der Waals surface area contributed by atoms with Crippen LogP contribution in [0, 0.1) is 11.6 Å². The summed E-state index contributed by atoms with van der Waals surface area (Å²) in [5, 5.41) is 5.62. The first kappa shape index (κ1) is 26.2. The molecule has 1 unspecified atom stereocenters. The lowest BCUT2D eigenvalue weighted by Crippen LogP contribution is -2.21. The molecule has 0 radical (unpaired) electrons. The van der Waals surface area contributed by atoms with Crippen LogP contribution in [0.15, 0.2) is 42.5 Å². The van der Waals surface area contributed by atoms with E-state index < -0.39 is 46.8 Å². The first-order valence-electron chi connectivity index (χ1n) is 12.2. The summed E-state index contributed by atoms with van der Waals surface area (Å²) < 4.78 is 67.9. The van der Waals surface area contributed by atoms with Gasteiger partial charge in [-0.2, -0.15) is 13.2 Å². The van der Waals surface area contributed by atoms with Gasteiger partial charge in [-0.15, -0.1) is 0 Å². The van der Waals surface area contributed by atoms with Crippen molar-refractivity contribution in [1.82, 2.24) is 5.32 Å². The molecule has 0 bridgehead atoms. The van der Waals surface area contributed by atoms with Gasteiger partial charge in [0, 0.05) is 27.4 Å². The molecule has 10 heteroatoms. The summed E-state index contributed by atoms with van der Waals surface area (Å²) in [5.74, 6) is -3.19. The Hall–Kier alpha value is -3.46. The molecule has 0 spiro atoms. The summed E-state index contributed by atoms with van der Waals surface area (Å²) in [5.41, 5.74) is 0.979. The van der Waals surface area contributed by atoms with Gasteiger partial charge >= 0.3 is 6.18 Å². The first-order valence-corrected chi connectivity index (χ1v) is 12.5. The highest BCUT2D eigenvalue weighted by Crippen LogP contribution is 2.43. The Labute approximate surface area is 220 Å². The molecule has 1 heterocycles. The average molecular weight is 549 g/mol. The Morgan fingerprint density at radius 3 is 2.42 bits per heavy atom. The molecule has 1 aliphatic heterocycles. The van der Waals surface area contributed by atoms with Crippen LogP contribution in [0.2, 0.25) is 5.02 Å². The molecule has 5 rings (SSSR count). The molecule has 2 aliphatic rings. The van der Waals surface area contributed by atoms with Crippen LogP contribution in [0.1, 0.15) is 80.3 Å². The highest BCUT2D eigenvalue weighted by Gasteiger charge is 2.38. The molecule has 0 saturated carbocycles. The average Bonchev–Trinajstić information content (AvgIpc) is 3.18. The van der Waals surface area contributed by atoms with Crippen molar-refractivity contribution in [1.29, 1.82) is 0 Å². The van der Waals surface area contributed by atoms with E-state index in [2.05, 4.69) is 10.6 Å². The van der Waals surface area contributed by atoms with Crippen LogP contribution in [0.25, 0.3) is 0 Å². The van der Waals surface area contributed by atoms with Crippen molar-refractivity contribution < 1.29 is 31.5 Å². The minimum absolute atomic E-state index is 0.172. The summed E-state index contributed by atoms with van der Waals surface area (Å²) >= 11 is 6.36. The van der Waals surface area contributed by atoms with E-state index in [9.17, 15) is 31.5 Å². The summed E-state index contributed by atoms with van der Waals surface area (Å²) in [4.78, 5) is 26.4. The minimum Gasteiger partial charge on any atom is -0.341 e. The van der Waals surface area contributed by atoms with Gasteiger partial charge in [-0.3, -0.25) is 9.59 Å². The van der Waals surface area contributed by atoms with E-state index in [4.69, 9.17) is 11.6 Å². The van der Waals surface area contributed by atoms with Gasteiger partial charge in [0.05, 0.1) is 17.2 Å². The third-order valence-corrected chi connectivity index (χ3v) is 7.33. The van der Waals surface area contributed by atoms with Gasteiger partial charge in [-0.1, -0.05) is 24.4 Å². The normalized spacial score (nSPS) is 17.2. The first-order chi connectivity index (χ1) is 18.0. The number of fused-ring (bicyclic) bond motifs is 3. The number of carbonyl (C=O) groups is 2. The number of rotatable bonds is 3. The van der Waals surface area contributed by atoms with Crippen molar-refractivity contribution in [2.45, 2.75) is 50.7 Å². The molecule has 38 heavy (non-hydrogen) atoms. The lowest BCUT2D eigenvalue weighted by atomic mass is 9.85. The zero-order chi connectivity index (χ0) is 27.2. The highest BCUT2D eigenvalue weighted by molar-refractivity contribution is 6.31. The molecule has 1 aliphatic carbocycles. The quantitative estimate of drug-likeness (QED) is 0.335. The van der Waals surface area contributed by atoms with Gasteiger partial charge in [-0.05, 0) is 79.3 Å². The van der Waals surface area contributed by atoms with Crippen LogP contribution >= 0.6 is 11.6 Å². The SMILES string of the molecule is O=C(Nc1cc2c(c3c1C(c1cc(F)ccc1Cl)NC3=O)CCCCCC2)c1cc(F)cc(C(F)(F)F)c1. The van der Waals surface area contributed by atoms with Crippen LogP contribution in [-0.2, 0) is 19.0 Å². The Morgan fingerprint density at radius 2 is 1.68 bits per heavy atom. The van der Waals surface area contributed by atoms with Crippen molar-refractivity contribution in [3.63, 3.8) is 0 Å². The Morgan fingerprint density at radius 1 is 0.947 bits per heavy atom. The van der Waals surface area contributed by atoms with Crippen molar-refractivity contribution >= 4 is 29.1 Å². The van der Waals surface area contributed by atoms with Crippen molar-refractivity contribution in [2.75, 3.05) is 5.32 Å². The molecule has 3 aromatic carbocycles. The van der Waals surface area contributed by atoms with E-state index in [1.165, 1.54) is 18.2 Å². The summed E-state index contributed by atoms with van der Waals surface area (Å²) in [6.45, 7) is 0. The summed E-state index contributed by atoms with van der Waals surface area (Å²) in [7, 11) is 0. The summed E-state index contributed by atoms with van der Waals surface area (Å²) in [6.07, 6.45) is 0.122. The monoisotopic (exact) mass is 548 g/mol. The van der Waals surface area contributed by atoms with Gasteiger partial charge in [0.1, 0.15) is 11.6 Å². The maximum absolute atomic E-state index is 14.2.